The zero-order valence-electron chi connectivity index (χ0n) is 14.4. The van der Waals surface area contributed by atoms with Crippen LogP contribution in [0.1, 0.15) is 18.9 Å². The van der Waals surface area contributed by atoms with E-state index in [1.54, 1.807) is 18.3 Å². The van der Waals surface area contributed by atoms with E-state index in [9.17, 15) is 4.79 Å². The van der Waals surface area contributed by atoms with E-state index >= 15 is 0 Å². The van der Waals surface area contributed by atoms with Crippen LogP contribution < -0.4 is 19.5 Å². The van der Waals surface area contributed by atoms with Crippen LogP contribution in [-0.2, 0) is 4.79 Å². The van der Waals surface area contributed by atoms with Gasteiger partial charge in [-0.1, -0.05) is 11.8 Å². The van der Waals surface area contributed by atoms with E-state index in [0.717, 1.165) is 5.16 Å². The number of carbonyl (C=O) groups excluding carboxylic acids is 1. The number of amides is 1. The minimum atomic E-state index is -0.121. The lowest BCUT2D eigenvalue weighted by Crippen LogP contribution is -2.15. The van der Waals surface area contributed by atoms with E-state index in [2.05, 4.69) is 14.9 Å². The monoisotopic (exact) mass is 363 g/mol. The highest BCUT2D eigenvalue weighted by Crippen LogP contribution is 2.40. The summed E-state index contributed by atoms with van der Waals surface area (Å²) in [6, 6.07) is 3.95. The van der Waals surface area contributed by atoms with Crippen molar-refractivity contribution in [2.45, 2.75) is 24.0 Å². The van der Waals surface area contributed by atoms with E-state index in [1.165, 1.54) is 45.9 Å². The minimum absolute atomic E-state index is 0.121. The van der Waals surface area contributed by atoms with Crippen molar-refractivity contribution >= 4 is 23.4 Å². The summed E-state index contributed by atoms with van der Waals surface area (Å²) in [5.74, 6) is 1.64. The molecule has 7 nitrogen and oxygen atoms in total. The molecule has 0 radical (unpaired) electrons. The molecule has 134 valence electrons. The van der Waals surface area contributed by atoms with Gasteiger partial charge < -0.3 is 24.1 Å². The first-order chi connectivity index (χ1) is 12.2. The molecule has 0 saturated heterocycles. The molecule has 1 N–H and O–H groups in total. The molecule has 1 aliphatic carbocycles. The van der Waals surface area contributed by atoms with Gasteiger partial charge in [-0.15, -0.1) is 0 Å². The molecule has 0 bridgehead atoms. The van der Waals surface area contributed by atoms with E-state index in [-0.39, 0.29) is 11.7 Å². The number of imidazole rings is 1. The number of ether oxygens (including phenoxy) is 3. The second-order valence-electron chi connectivity index (χ2n) is 5.60. The number of carbonyl (C=O) groups is 1. The Bertz CT molecular complexity index is 733. The van der Waals surface area contributed by atoms with Crippen molar-refractivity contribution in [1.29, 1.82) is 0 Å². The van der Waals surface area contributed by atoms with Crippen molar-refractivity contribution in [2.24, 2.45) is 0 Å². The van der Waals surface area contributed by atoms with Crippen molar-refractivity contribution in [1.82, 2.24) is 9.55 Å². The second-order valence-corrected chi connectivity index (χ2v) is 6.54. The lowest BCUT2D eigenvalue weighted by Gasteiger charge is -2.14. The number of anilines is 1. The van der Waals surface area contributed by atoms with Gasteiger partial charge in [-0.3, -0.25) is 4.79 Å². The zero-order valence-corrected chi connectivity index (χ0v) is 15.3. The van der Waals surface area contributed by atoms with Gasteiger partial charge in [0.2, 0.25) is 11.7 Å². The van der Waals surface area contributed by atoms with Crippen LogP contribution in [0.3, 0.4) is 0 Å². The molecule has 1 saturated carbocycles. The molecule has 1 amide bonds. The quantitative estimate of drug-likeness (QED) is 0.727. The van der Waals surface area contributed by atoms with Crippen LogP contribution in [0.25, 0.3) is 0 Å². The number of rotatable bonds is 8. The Morgan fingerprint density at radius 3 is 2.48 bits per heavy atom. The first-order valence-electron chi connectivity index (χ1n) is 7.91. The first-order valence-corrected chi connectivity index (χ1v) is 8.90. The lowest BCUT2D eigenvalue weighted by atomic mass is 10.2. The number of nitrogens with one attached hydrogen (secondary N) is 1. The molecular weight excluding hydrogens is 342 g/mol. The van der Waals surface area contributed by atoms with Crippen molar-refractivity contribution in [3.8, 4) is 17.2 Å². The molecule has 1 heterocycles. The minimum Gasteiger partial charge on any atom is -0.493 e. The first kappa shape index (κ1) is 17.5. The number of nitrogens with zero attached hydrogens (tertiary/aromatic N) is 2. The molecule has 0 atom stereocenters. The number of benzene rings is 1. The Labute approximate surface area is 150 Å². The second kappa shape index (κ2) is 7.69. The van der Waals surface area contributed by atoms with Crippen LogP contribution in [0.5, 0.6) is 17.2 Å². The summed E-state index contributed by atoms with van der Waals surface area (Å²) < 4.78 is 18.0. The molecule has 0 unspecified atom stereocenters. The predicted molar refractivity (Wildman–Crippen MR) is 95.9 cm³/mol. The third-order valence-electron chi connectivity index (χ3n) is 3.85. The lowest BCUT2D eigenvalue weighted by molar-refractivity contribution is -0.113. The van der Waals surface area contributed by atoms with Crippen molar-refractivity contribution in [3.63, 3.8) is 0 Å². The number of thioether (sulfide) groups is 1. The molecular formula is C17H21N3O4S. The van der Waals surface area contributed by atoms with Crippen LogP contribution >= 0.6 is 11.8 Å². The highest BCUT2D eigenvalue weighted by Gasteiger charge is 2.25. The molecule has 1 fully saturated rings. The van der Waals surface area contributed by atoms with Gasteiger partial charge in [-0.2, -0.15) is 0 Å². The molecule has 1 aromatic carbocycles. The molecule has 25 heavy (non-hydrogen) atoms. The average molecular weight is 363 g/mol. The normalized spacial score (nSPS) is 13.4. The molecule has 1 aliphatic rings. The number of aromatic nitrogens is 2. The Kier molecular flexibility index (Phi) is 5.37. The summed E-state index contributed by atoms with van der Waals surface area (Å²) >= 11 is 1.43. The summed E-state index contributed by atoms with van der Waals surface area (Å²) in [6.07, 6.45) is 6.11. The maximum absolute atomic E-state index is 12.3. The average Bonchev–Trinajstić information content (AvgIpc) is 3.36. The third-order valence-corrected chi connectivity index (χ3v) is 4.84. The van der Waals surface area contributed by atoms with E-state index in [4.69, 9.17) is 14.2 Å². The molecule has 8 heteroatoms. The predicted octanol–water partition coefficient (Wildman–Crippen LogP) is 2.97. The van der Waals surface area contributed by atoms with Crippen molar-refractivity contribution < 1.29 is 19.0 Å². The van der Waals surface area contributed by atoms with Gasteiger partial charge in [0.1, 0.15) is 0 Å². The highest BCUT2D eigenvalue weighted by molar-refractivity contribution is 7.99. The van der Waals surface area contributed by atoms with E-state index in [0.29, 0.717) is 29.0 Å². The van der Waals surface area contributed by atoms with Crippen LogP contribution in [0.4, 0.5) is 5.69 Å². The summed E-state index contributed by atoms with van der Waals surface area (Å²) in [7, 11) is 4.62. The summed E-state index contributed by atoms with van der Waals surface area (Å²) in [5.41, 5.74) is 0.589. The zero-order chi connectivity index (χ0) is 17.8. The van der Waals surface area contributed by atoms with E-state index < -0.39 is 0 Å². The SMILES string of the molecule is COc1cc(NC(=O)CSc2nccn2C2CC2)cc(OC)c1OC. The Morgan fingerprint density at radius 2 is 1.92 bits per heavy atom. The fourth-order valence-corrected chi connectivity index (χ4v) is 3.35. The van der Waals surface area contributed by atoms with Gasteiger partial charge in [-0.05, 0) is 12.8 Å². The van der Waals surface area contributed by atoms with Gasteiger partial charge in [0, 0.05) is 36.3 Å². The fraction of sp³-hybridized carbons (Fsp3) is 0.412. The molecule has 1 aromatic heterocycles. The van der Waals surface area contributed by atoms with Crippen LogP contribution in [0.15, 0.2) is 29.7 Å². The van der Waals surface area contributed by atoms with Gasteiger partial charge in [-0.25, -0.2) is 4.98 Å². The molecule has 2 aromatic rings. The third kappa shape index (κ3) is 4.01. The van der Waals surface area contributed by atoms with Crippen LogP contribution in [0, 0.1) is 0 Å². The Balaban J connectivity index is 1.65. The van der Waals surface area contributed by atoms with Crippen molar-refractivity contribution in [3.05, 3.63) is 24.5 Å². The Morgan fingerprint density at radius 1 is 1.24 bits per heavy atom. The van der Waals surface area contributed by atoms with Crippen LogP contribution in [0.2, 0.25) is 0 Å². The van der Waals surface area contributed by atoms with Gasteiger partial charge in [0.05, 0.1) is 27.1 Å². The van der Waals surface area contributed by atoms with Gasteiger partial charge in [0.15, 0.2) is 16.7 Å². The van der Waals surface area contributed by atoms with E-state index in [1.807, 2.05) is 6.20 Å². The Hall–Kier alpha value is -2.35. The largest absolute Gasteiger partial charge is 0.493 e. The topological polar surface area (TPSA) is 74.6 Å². The smallest absolute Gasteiger partial charge is 0.234 e. The van der Waals surface area contributed by atoms with Crippen molar-refractivity contribution in [2.75, 3.05) is 32.4 Å². The summed E-state index contributed by atoms with van der Waals surface area (Å²) in [4.78, 5) is 16.6. The molecule has 0 aliphatic heterocycles. The number of methoxy groups -OCH3 is 3. The summed E-state index contributed by atoms with van der Waals surface area (Å²) in [5, 5.41) is 3.73. The number of hydrogen-bond acceptors (Lipinski definition) is 6. The fourth-order valence-electron chi connectivity index (χ4n) is 2.52. The van der Waals surface area contributed by atoms with Crippen LogP contribution in [-0.4, -0.2) is 42.5 Å². The maximum atomic E-state index is 12.3. The van der Waals surface area contributed by atoms with Gasteiger partial charge in [0.25, 0.3) is 0 Å². The highest BCUT2D eigenvalue weighted by atomic mass is 32.2. The number of hydrogen-bond donors (Lipinski definition) is 1. The van der Waals surface area contributed by atoms with Gasteiger partial charge >= 0.3 is 0 Å². The molecule has 0 spiro atoms. The molecule has 3 rings (SSSR count). The standard InChI is InChI=1S/C17H21N3O4S/c1-22-13-8-11(9-14(23-2)16(13)24-3)19-15(21)10-25-17-18-6-7-20(17)12-4-5-12/h6-9,12H,4-5,10H2,1-3H3,(H,19,21). The summed E-state index contributed by atoms with van der Waals surface area (Å²) in [6.45, 7) is 0. The maximum Gasteiger partial charge on any atom is 0.234 e.